The highest BCUT2D eigenvalue weighted by Crippen LogP contribution is 2.27. The normalized spacial score (nSPS) is 15.2. The number of hydrogen-bond acceptors (Lipinski definition) is 10. The molecule has 0 saturated carbocycles. The van der Waals surface area contributed by atoms with E-state index in [4.69, 9.17) is 10.5 Å². The molecule has 39 heavy (non-hydrogen) atoms. The van der Waals surface area contributed by atoms with Crippen LogP contribution in [0.5, 0.6) is 11.5 Å². The predicted molar refractivity (Wildman–Crippen MR) is 148 cm³/mol. The Balaban J connectivity index is 1.16. The zero-order valence-corrected chi connectivity index (χ0v) is 21.0. The largest absolute Gasteiger partial charge is 0.457 e. The van der Waals surface area contributed by atoms with Gasteiger partial charge in [-0.15, -0.1) is 5.10 Å². The summed E-state index contributed by atoms with van der Waals surface area (Å²) in [5, 5.41) is 21.0. The van der Waals surface area contributed by atoms with Gasteiger partial charge in [0.15, 0.2) is 11.5 Å². The molecule has 1 unspecified atom stereocenters. The maximum absolute atomic E-state index is 9.94. The van der Waals surface area contributed by atoms with Gasteiger partial charge in [-0.3, -0.25) is 9.88 Å². The van der Waals surface area contributed by atoms with Gasteiger partial charge < -0.3 is 21.1 Å². The highest BCUT2D eigenvalue weighted by molar-refractivity contribution is 5.73. The lowest BCUT2D eigenvalue weighted by atomic mass is 10.2. The number of rotatable bonds is 8. The van der Waals surface area contributed by atoms with Crippen LogP contribution in [0.15, 0.2) is 79.1 Å². The number of hydrogen-bond donors (Lipinski definition) is 3. The Bertz CT molecular complexity index is 1610. The first-order chi connectivity index (χ1) is 19.1. The van der Waals surface area contributed by atoms with Crippen LogP contribution in [0.1, 0.15) is 17.5 Å². The van der Waals surface area contributed by atoms with Gasteiger partial charge in [-0.1, -0.05) is 30.3 Å². The summed E-state index contributed by atoms with van der Waals surface area (Å²) in [4.78, 5) is 15.4. The molecule has 0 amide bonds. The van der Waals surface area contributed by atoms with Crippen molar-refractivity contribution in [2.24, 2.45) is 0 Å². The first-order valence-electron chi connectivity index (χ1n) is 12.6. The quantitative estimate of drug-likeness (QED) is 0.274. The number of fused-ring (bicyclic) bond motifs is 1. The molecular weight excluding hydrogens is 492 g/mol. The Morgan fingerprint density at radius 2 is 1.77 bits per heavy atom. The second-order valence-corrected chi connectivity index (χ2v) is 9.26. The van der Waals surface area contributed by atoms with Gasteiger partial charge in [-0.05, 0) is 48.4 Å². The molecule has 6 rings (SSSR count). The molecule has 1 atom stereocenters. The van der Waals surface area contributed by atoms with Crippen molar-refractivity contribution in [2.45, 2.75) is 19.0 Å². The average molecular weight is 519 g/mol. The van der Waals surface area contributed by atoms with Gasteiger partial charge in [0.05, 0.1) is 0 Å². The van der Waals surface area contributed by atoms with Crippen molar-refractivity contribution in [3.63, 3.8) is 0 Å². The van der Waals surface area contributed by atoms with E-state index in [0.29, 0.717) is 28.9 Å². The van der Waals surface area contributed by atoms with Gasteiger partial charge in [0.1, 0.15) is 23.1 Å². The van der Waals surface area contributed by atoms with E-state index in [0.717, 1.165) is 31.7 Å². The van der Waals surface area contributed by atoms with Crippen molar-refractivity contribution >= 4 is 29.0 Å². The second-order valence-electron chi connectivity index (χ2n) is 9.26. The molecule has 1 aliphatic rings. The van der Waals surface area contributed by atoms with E-state index in [9.17, 15) is 5.26 Å². The van der Waals surface area contributed by atoms with Crippen LogP contribution < -0.4 is 21.1 Å². The highest BCUT2D eigenvalue weighted by Gasteiger charge is 2.24. The Kier molecular flexibility index (Phi) is 6.59. The average Bonchev–Trinajstić information content (AvgIpc) is 3.54. The molecule has 11 heteroatoms. The number of aromatic nitrogens is 5. The summed E-state index contributed by atoms with van der Waals surface area (Å²) in [5.74, 6) is 2.23. The van der Waals surface area contributed by atoms with Crippen molar-refractivity contribution in [3.05, 3.63) is 90.3 Å². The van der Waals surface area contributed by atoms with Crippen molar-refractivity contribution in [3.8, 4) is 17.6 Å². The van der Waals surface area contributed by atoms with Crippen LogP contribution in [0, 0.1) is 11.3 Å². The van der Waals surface area contributed by atoms with Crippen LogP contribution in [0.4, 0.5) is 23.4 Å². The summed E-state index contributed by atoms with van der Waals surface area (Å²) in [7, 11) is 0. The summed E-state index contributed by atoms with van der Waals surface area (Å²) in [6, 6.07) is 23.7. The Hall–Kier alpha value is -5.21. The molecule has 1 aliphatic heterocycles. The number of anilines is 4. The van der Waals surface area contributed by atoms with Gasteiger partial charge in [-0.2, -0.15) is 19.7 Å². The molecule has 11 nitrogen and oxygen atoms in total. The smallest absolute Gasteiger partial charge is 0.228 e. The molecule has 1 fully saturated rings. The maximum atomic E-state index is 9.94. The Labute approximate surface area is 224 Å². The van der Waals surface area contributed by atoms with Crippen LogP contribution in [0.2, 0.25) is 0 Å². The number of nitrogen functional groups attached to an aromatic ring is 1. The van der Waals surface area contributed by atoms with Crippen LogP contribution in [-0.4, -0.2) is 48.6 Å². The third-order valence-electron chi connectivity index (χ3n) is 6.48. The van der Waals surface area contributed by atoms with Gasteiger partial charge in [0.25, 0.3) is 0 Å². The third-order valence-corrected chi connectivity index (χ3v) is 6.48. The van der Waals surface area contributed by atoms with E-state index in [2.05, 4.69) is 65.9 Å². The minimum absolute atomic E-state index is 0.146. The molecule has 3 aromatic heterocycles. The molecule has 4 N–H and O–H groups in total. The zero-order valence-electron chi connectivity index (χ0n) is 21.0. The summed E-state index contributed by atoms with van der Waals surface area (Å²) in [6.45, 7) is 2.73. The van der Waals surface area contributed by atoms with Crippen molar-refractivity contribution in [2.75, 3.05) is 29.5 Å². The fourth-order valence-corrected chi connectivity index (χ4v) is 4.61. The molecule has 0 bridgehead atoms. The van der Waals surface area contributed by atoms with Crippen LogP contribution in [0.3, 0.4) is 0 Å². The van der Waals surface area contributed by atoms with Gasteiger partial charge in [-0.25, -0.2) is 0 Å². The van der Waals surface area contributed by atoms with E-state index < -0.39 is 0 Å². The molecule has 4 heterocycles. The fraction of sp³-hybridized carbons (Fsp3) is 0.179. The lowest BCUT2D eigenvalue weighted by Gasteiger charge is -2.17. The van der Waals surface area contributed by atoms with Gasteiger partial charge >= 0.3 is 0 Å². The Morgan fingerprint density at radius 3 is 2.54 bits per heavy atom. The first-order valence-corrected chi connectivity index (χ1v) is 12.6. The summed E-state index contributed by atoms with van der Waals surface area (Å²) >= 11 is 0. The lowest BCUT2D eigenvalue weighted by molar-refractivity contribution is 0.328. The molecule has 194 valence electrons. The second kappa shape index (κ2) is 10.6. The summed E-state index contributed by atoms with van der Waals surface area (Å²) in [6.07, 6.45) is 4.30. The maximum Gasteiger partial charge on any atom is 0.228 e. The number of nitriles is 1. The molecule has 2 aromatic carbocycles. The van der Waals surface area contributed by atoms with Crippen molar-refractivity contribution in [1.29, 1.82) is 5.26 Å². The number of likely N-dealkylation sites (tertiary alicyclic amines) is 1. The summed E-state index contributed by atoms with van der Waals surface area (Å²) < 4.78 is 7.19. The molecular formula is C28H26N10O. The number of nitrogens with one attached hydrogen (secondary N) is 2. The number of ether oxygens (including phenoxy) is 1. The topological polar surface area (TPSA) is 142 Å². The SMILES string of the molecule is N#Cc1c(Nc2ccc(Oc3ccncc3)cc2)nn2c(N)nc(NC3CCN(Cc4ccccc4)C3)nc12. The van der Waals surface area contributed by atoms with Crippen molar-refractivity contribution in [1.82, 2.24) is 29.5 Å². The zero-order chi connectivity index (χ0) is 26.6. The van der Waals surface area contributed by atoms with E-state index >= 15 is 0 Å². The Morgan fingerprint density at radius 1 is 1.00 bits per heavy atom. The molecule has 5 aromatic rings. The minimum atomic E-state index is 0.146. The summed E-state index contributed by atoms with van der Waals surface area (Å²) in [5.41, 5.74) is 8.86. The number of nitrogens with two attached hydrogens (primary N) is 1. The number of benzene rings is 2. The molecule has 0 aliphatic carbocycles. The molecule has 0 spiro atoms. The van der Waals surface area contributed by atoms with E-state index in [1.807, 2.05) is 30.3 Å². The molecule has 0 radical (unpaired) electrons. The van der Waals surface area contributed by atoms with Crippen LogP contribution in [-0.2, 0) is 6.54 Å². The van der Waals surface area contributed by atoms with Crippen molar-refractivity contribution < 1.29 is 4.74 Å². The van der Waals surface area contributed by atoms with Crippen LogP contribution in [0.25, 0.3) is 5.65 Å². The van der Waals surface area contributed by atoms with Gasteiger partial charge in [0, 0.05) is 43.8 Å². The highest BCUT2D eigenvalue weighted by atomic mass is 16.5. The van der Waals surface area contributed by atoms with E-state index in [-0.39, 0.29) is 17.6 Å². The standard InChI is InChI=1S/C28H26N10O/c29-16-24-25(32-20-6-8-22(9-7-20)39-23-10-13-31-14-11-23)36-38-26(24)34-28(35-27(38)30)33-21-12-15-37(18-21)17-19-4-2-1-3-5-19/h1-11,13-14,21H,12,15,17-18H2,(H,32,36)(H3,30,33,34,35). The predicted octanol–water partition coefficient (Wildman–Crippen LogP) is 4.20. The van der Waals surface area contributed by atoms with E-state index in [1.165, 1.54) is 10.1 Å². The van der Waals surface area contributed by atoms with Gasteiger partial charge in [0.2, 0.25) is 11.9 Å². The fourth-order valence-electron chi connectivity index (χ4n) is 4.61. The van der Waals surface area contributed by atoms with E-state index in [1.54, 1.807) is 24.5 Å². The molecule has 1 saturated heterocycles. The monoisotopic (exact) mass is 518 g/mol. The minimum Gasteiger partial charge on any atom is -0.457 e. The number of pyridine rings is 1. The number of nitrogens with zero attached hydrogens (tertiary/aromatic N) is 7. The van der Waals surface area contributed by atoms with Crippen LogP contribution >= 0.6 is 0 Å². The first kappa shape index (κ1) is 24.1. The lowest BCUT2D eigenvalue weighted by Crippen LogP contribution is -2.27. The third kappa shape index (κ3) is 5.41.